The van der Waals surface area contributed by atoms with E-state index in [1.807, 2.05) is 0 Å². The fourth-order valence-corrected chi connectivity index (χ4v) is 3.51. The molecule has 0 saturated carbocycles. The van der Waals surface area contributed by atoms with Gasteiger partial charge in [0, 0.05) is 17.7 Å². The number of hydrogen-bond donors (Lipinski definition) is 1. The monoisotopic (exact) mass is 357 g/mol. The summed E-state index contributed by atoms with van der Waals surface area (Å²) in [6, 6.07) is 6.47. The van der Waals surface area contributed by atoms with Gasteiger partial charge in [-0.2, -0.15) is 0 Å². The molecule has 2 aromatic rings. The van der Waals surface area contributed by atoms with Crippen molar-refractivity contribution in [1.29, 1.82) is 0 Å². The van der Waals surface area contributed by atoms with Crippen LogP contribution < -0.4 is 14.2 Å². The fraction of sp³-hybridized carbons (Fsp3) is 0.250. The van der Waals surface area contributed by atoms with E-state index in [4.69, 9.17) is 9.47 Å². The van der Waals surface area contributed by atoms with Crippen LogP contribution in [-0.2, 0) is 10.0 Å². The summed E-state index contributed by atoms with van der Waals surface area (Å²) in [5, 5.41) is 0. The van der Waals surface area contributed by atoms with Crippen LogP contribution in [0.1, 0.15) is 18.5 Å². The van der Waals surface area contributed by atoms with Crippen molar-refractivity contribution in [1.82, 2.24) is 4.72 Å². The first-order valence-electron chi connectivity index (χ1n) is 6.98. The van der Waals surface area contributed by atoms with Crippen molar-refractivity contribution in [3.63, 3.8) is 0 Å². The first-order chi connectivity index (χ1) is 11.3. The maximum atomic E-state index is 13.8. The molecule has 0 aliphatic carbocycles. The number of benzene rings is 2. The van der Waals surface area contributed by atoms with E-state index in [9.17, 15) is 17.2 Å². The molecule has 1 N–H and O–H groups in total. The van der Waals surface area contributed by atoms with Crippen molar-refractivity contribution in [3.05, 3.63) is 53.6 Å². The molecule has 2 aromatic carbocycles. The Labute approximate surface area is 139 Å². The Bertz CT molecular complexity index is 840. The Morgan fingerprint density at radius 1 is 1.04 bits per heavy atom. The van der Waals surface area contributed by atoms with Gasteiger partial charge in [0.1, 0.15) is 28.0 Å². The molecule has 130 valence electrons. The van der Waals surface area contributed by atoms with Gasteiger partial charge < -0.3 is 9.47 Å². The average molecular weight is 357 g/mol. The lowest BCUT2D eigenvalue weighted by Gasteiger charge is -2.18. The summed E-state index contributed by atoms with van der Waals surface area (Å²) < 4.78 is 64.1. The summed E-state index contributed by atoms with van der Waals surface area (Å²) in [6.07, 6.45) is 0. The number of hydrogen-bond acceptors (Lipinski definition) is 4. The lowest BCUT2D eigenvalue weighted by atomic mass is 10.1. The molecule has 0 bridgehead atoms. The zero-order chi connectivity index (χ0) is 17.9. The molecule has 0 saturated heterocycles. The summed E-state index contributed by atoms with van der Waals surface area (Å²) in [6.45, 7) is 1.58. The first-order valence-corrected chi connectivity index (χ1v) is 8.46. The summed E-state index contributed by atoms with van der Waals surface area (Å²) >= 11 is 0. The molecule has 0 fully saturated rings. The molecule has 0 aliphatic heterocycles. The van der Waals surface area contributed by atoms with Crippen LogP contribution in [0.4, 0.5) is 8.78 Å². The molecule has 0 aromatic heterocycles. The van der Waals surface area contributed by atoms with Gasteiger partial charge in [0.15, 0.2) is 0 Å². The molecule has 1 atom stereocenters. The van der Waals surface area contributed by atoms with Gasteiger partial charge in [-0.1, -0.05) is 0 Å². The normalized spacial score (nSPS) is 12.7. The van der Waals surface area contributed by atoms with Gasteiger partial charge >= 0.3 is 0 Å². The number of methoxy groups -OCH3 is 2. The van der Waals surface area contributed by atoms with E-state index in [-0.39, 0.29) is 0 Å². The maximum Gasteiger partial charge on any atom is 0.244 e. The Kier molecular flexibility index (Phi) is 5.40. The highest BCUT2D eigenvalue weighted by Crippen LogP contribution is 2.30. The van der Waals surface area contributed by atoms with E-state index in [1.54, 1.807) is 25.1 Å². The van der Waals surface area contributed by atoms with E-state index in [0.717, 1.165) is 12.1 Å². The predicted octanol–water partition coefficient (Wildman–Crippen LogP) is 3.02. The summed E-state index contributed by atoms with van der Waals surface area (Å²) in [7, 11) is -1.26. The number of nitrogens with one attached hydrogen (secondary N) is 1. The van der Waals surface area contributed by atoms with Gasteiger partial charge in [-0.3, -0.25) is 0 Å². The lowest BCUT2D eigenvalue weighted by molar-refractivity contribution is 0.395. The maximum absolute atomic E-state index is 13.8. The highest BCUT2D eigenvalue weighted by molar-refractivity contribution is 7.89. The molecule has 0 amide bonds. The largest absolute Gasteiger partial charge is 0.497 e. The molecular formula is C16H17F2NO4S. The minimum Gasteiger partial charge on any atom is -0.497 e. The van der Waals surface area contributed by atoms with Crippen molar-refractivity contribution in [2.75, 3.05) is 14.2 Å². The van der Waals surface area contributed by atoms with Crippen molar-refractivity contribution < 1.29 is 26.7 Å². The zero-order valence-corrected chi connectivity index (χ0v) is 14.2. The fourth-order valence-electron chi connectivity index (χ4n) is 2.23. The SMILES string of the molecule is COc1ccc(OC)c(C(C)NS(=O)(=O)c2ccc(F)cc2F)c1. The Balaban J connectivity index is 2.36. The average Bonchev–Trinajstić information content (AvgIpc) is 2.53. The molecule has 1 unspecified atom stereocenters. The van der Waals surface area contributed by atoms with E-state index in [2.05, 4.69) is 4.72 Å². The van der Waals surface area contributed by atoms with Crippen LogP contribution in [0.15, 0.2) is 41.3 Å². The van der Waals surface area contributed by atoms with Gasteiger partial charge in [-0.15, -0.1) is 0 Å². The third-order valence-electron chi connectivity index (χ3n) is 3.42. The third kappa shape index (κ3) is 3.82. The van der Waals surface area contributed by atoms with E-state index >= 15 is 0 Å². The highest BCUT2D eigenvalue weighted by Gasteiger charge is 2.24. The predicted molar refractivity (Wildman–Crippen MR) is 84.6 cm³/mol. The third-order valence-corrected chi connectivity index (χ3v) is 4.99. The topological polar surface area (TPSA) is 64.6 Å². The van der Waals surface area contributed by atoms with Crippen LogP contribution in [0.3, 0.4) is 0 Å². The van der Waals surface area contributed by atoms with E-state index in [1.165, 1.54) is 14.2 Å². The van der Waals surface area contributed by atoms with Crippen molar-refractivity contribution in [3.8, 4) is 11.5 Å². The van der Waals surface area contributed by atoms with Gasteiger partial charge in [-0.05, 0) is 37.3 Å². The molecule has 0 aliphatic rings. The Hall–Kier alpha value is -2.19. The van der Waals surface area contributed by atoms with Crippen molar-refractivity contribution >= 4 is 10.0 Å². The Morgan fingerprint density at radius 2 is 1.75 bits per heavy atom. The van der Waals surface area contributed by atoms with E-state index in [0.29, 0.717) is 23.1 Å². The number of ether oxygens (including phenoxy) is 2. The second kappa shape index (κ2) is 7.14. The van der Waals surface area contributed by atoms with Gasteiger partial charge in [0.05, 0.1) is 14.2 Å². The highest BCUT2D eigenvalue weighted by atomic mass is 32.2. The Morgan fingerprint density at radius 3 is 2.33 bits per heavy atom. The molecule has 0 spiro atoms. The minimum absolute atomic E-state index is 0.450. The quantitative estimate of drug-likeness (QED) is 0.863. The van der Waals surface area contributed by atoms with Crippen LogP contribution in [0.2, 0.25) is 0 Å². The molecule has 2 rings (SSSR count). The van der Waals surface area contributed by atoms with Crippen molar-refractivity contribution in [2.24, 2.45) is 0 Å². The lowest BCUT2D eigenvalue weighted by Crippen LogP contribution is -2.28. The molecule has 0 heterocycles. The zero-order valence-electron chi connectivity index (χ0n) is 13.3. The number of sulfonamides is 1. The van der Waals surface area contributed by atoms with Crippen molar-refractivity contribution in [2.45, 2.75) is 17.9 Å². The molecule has 0 radical (unpaired) electrons. The van der Waals surface area contributed by atoms with Gasteiger partial charge in [0.2, 0.25) is 10.0 Å². The van der Waals surface area contributed by atoms with Crippen LogP contribution >= 0.6 is 0 Å². The van der Waals surface area contributed by atoms with Crippen LogP contribution in [0, 0.1) is 11.6 Å². The molecule has 24 heavy (non-hydrogen) atoms. The second-order valence-corrected chi connectivity index (χ2v) is 6.71. The van der Waals surface area contributed by atoms with Crippen LogP contribution in [0.25, 0.3) is 0 Å². The smallest absolute Gasteiger partial charge is 0.244 e. The van der Waals surface area contributed by atoms with Gasteiger partial charge in [-0.25, -0.2) is 21.9 Å². The number of rotatable bonds is 6. The minimum atomic E-state index is -4.19. The summed E-state index contributed by atoms with van der Waals surface area (Å²) in [5.74, 6) is -1.04. The molecule has 5 nitrogen and oxygen atoms in total. The van der Waals surface area contributed by atoms with Crippen LogP contribution in [-0.4, -0.2) is 22.6 Å². The van der Waals surface area contributed by atoms with Crippen LogP contribution in [0.5, 0.6) is 11.5 Å². The molecular weight excluding hydrogens is 340 g/mol. The summed E-state index contributed by atoms with van der Waals surface area (Å²) in [5.41, 5.74) is 0.517. The molecule has 8 heteroatoms. The van der Waals surface area contributed by atoms with E-state index < -0.39 is 32.6 Å². The number of halogens is 2. The standard InChI is InChI=1S/C16H17F2NO4S/c1-10(13-9-12(22-2)5-6-15(13)23-3)19-24(20,21)16-7-4-11(17)8-14(16)18/h4-10,19H,1-3H3. The van der Waals surface area contributed by atoms with Gasteiger partial charge in [0.25, 0.3) is 0 Å². The second-order valence-electron chi connectivity index (χ2n) is 5.03. The first kappa shape index (κ1) is 18.2. The summed E-state index contributed by atoms with van der Waals surface area (Å²) in [4.78, 5) is -0.627.